The van der Waals surface area contributed by atoms with E-state index in [2.05, 4.69) is 24.1 Å². The Morgan fingerprint density at radius 3 is 2.59 bits per heavy atom. The molecule has 1 unspecified atom stereocenters. The molecular formula is C19H28Cl3N3O2. The third kappa shape index (κ3) is 7.70. The van der Waals surface area contributed by atoms with Gasteiger partial charge in [0.05, 0.1) is 11.2 Å². The van der Waals surface area contributed by atoms with Gasteiger partial charge in [0.2, 0.25) is 5.91 Å². The number of carbonyl (C=O) groups is 1. The van der Waals surface area contributed by atoms with Crippen LogP contribution in [0.5, 0.6) is 0 Å². The zero-order valence-electron chi connectivity index (χ0n) is 15.8. The molecule has 2 aromatic rings. The molecule has 5 nitrogen and oxygen atoms in total. The number of nitrogens with zero attached hydrogens (tertiary/aromatic N) is 1. The third-order valence-corrected chi connectivity index (χ3v) is 4.34. The maximum atomic E-state index is 12.2. The van der Waals surface area contributed by atoms with E-state index >= 15 is 0 Å². The van der Waals surface area contributed by atoms with E-state index in [1.54, 1.807) is 12.3 Å². The van der Waals surface area contributed by atoms with Crippen molar-refractivity contribution in [3.8, 4) is 11.3 Å². The fourth-order valence-corrected chi connectivity index (χ4v) is 3.15. The van der Waals surface area contributed by atoms with E-state index < -0.39 is 0 Å². The van der Waals surface area contributed by atoms with E-state index in [1.165, 1.54) is 0 Å². The zero-order chi connectivity index (χ0) is 18.4. The molecule has 0 aliphatic carbocycles. The van der Waals surface area contributed by atoms with E-state index in [4.69, 9.17) is 21.8 Å². The Hall–Kier alpha value is -1.27. The topological polar surface area (TPSA) is 81.1 Å². The summed E-state index contributed by atoms with van der Waals surface area (Å²) in [5, 5.41) is 3.64. The number of aromatic nitrogens is 1. The summed E-state index contributed by atoms with van der Waals surface area (Å²) in [6.07, 6.45) is 3.21. The highest BCUT2D eigenvalue weighted by molar-refractivity contribution is 6.33. The molecule has 1 amide bonds. The van der Waals surface area contributed by atoms with Crippen LogP contribution < -0.4 is 11.1 Å². The normalized spacial score (nSPS) is 12.7. The standard InChI is InChI=1S/C19H26ClN3O2.2ClH/c1-13(2)10-19(3,12-21)23-17(24)8-9-18-22-11-16(25-18)14-6-4-5-7-15(14)20;;/h4-7,11,13H,8-10,12,21H2,1-3H3,(H,23,24);2*1H. The molecule has 8 heteroatoms. The number of rotatable bonds is 8. The van der Waals surface area contributed by atoms with Gasteiger partial charge in [0.25, 0.3) is 0 Å². The van der Waals surface area contributed by atoms with Crippen LogP contribution in [0, 0.1) is 5.92 Å². The molecule has 1 aromatic carbocycles. The molecule has 0 fully saturated rings. The molecule has 0 aliphatic heterocycles. The summed E-state index contributed by atoms with van der Waals surface area (Å²) < 4.78 is 5.72. The van der Waals surface area contributed by atoms with Gasteiger partial charge in [0.1, 0.15) is 0 Å². The van der Waals surface area contributed by atoms with Crippen molar-refractivity contribution in [1.29, 1.82) is 0 Å². The van der Waals surface area contributed by atoms with Gasteiger partial charge in [-0.15, -0.1) is 24.8 Å². The third-order valence-electron chi connectivity index (χ3n) is 4.01. The lowest BCUT2D eigenvalue weighted by Gasteiger charge is -2.31. The van der Waals surface area contributed by atoms with Crippen LogP contribution in [0.4, 0.5) is 0 Å². The second-order valence-corrected chi connectivity index (χ2v) is 7.42. The quantitative estimate of drug-likeness (QED) is 0.631. The summed E-state index contributed by atoms with van der Waals surface area (Å²) in [5.41, 5.74) is 6.24. The van der Waals surface area contributed by atoms with Gasteiger partial charge in [-0.3, -0.25) is 4.79 Å². The summed E-state index contributed by atoms with van der Waals surface area (Å²) in [6.45, 7) is 6.62. The van der Waals surface area contributed by atoms with E-state index in [-0.39, 0.29) is 36.3 Å². The van der Waals surface area contributed by atoms with Gasteiger partial charge in [-0.25, -0.2) is 4.98 Å². The van der Waals surface area contributed by atoms with Crippen LogP contribution in [0.3, 0.4) is 0 Å². The van der Waals surface area contributed by atoms with Crippen molar-refractivity contribution in [3.05, 3.63) is 41.4 Å². The Balaban J connectivity index is 0.00000338. The zero-order valence-corrected chi connectivity index (χ0v) is 18.2. The van der Waals surface area contributed by atoms with Crippen molar-refractivity contribution < 1.29 is 9.21 Å². The first-order valence-corrected chi connectivity index (χ1v) is 8.91. The van der Waals surface area contributed by atoms with Crippen molar-refractivity contribution >= 4 is 42.3 Å². The summed E-state index contributed by atoms with van der Waals surface area (Å²) in [5.74, 6) is 1.53. The lowest BCUT2D eigenvalue weighted by atomic mass is 9.90. The lowest BCUT2D eigenvalue weighted by molar-refractivity contribution is -0.123. The van der Waals surface area contributed by atoms with Crippen LogP contribution >= 0.6 is 36.4 Å². The minimum absolute atomic E-state index is 0. The predicted octanol–water partition coefficient (Wildman–Crippen LogP) is 4.65. The van der Waals surface area contributed by atoms with E-state index in [0.29, 0.717) is 42.0 Å². The first-order valence-electron chi connectivity index (χ1n) is 8.53. The molecule has 0 radical (unpaired) electrons. The van der Waals surface area contributed by atoms with Gasteiger partial charge in [-0.05, 0) is 31.4 Å². The molecule has 0 spiro atoms. The molecule has 0 saturated carbocycles. The van der Waals surface area contributed by atoms with E-state index in [9.17, 15) is 4.79 Å². The Morgan fingerprint density at radius 1 is 1.33 bits per heavy atom. The first kappa shape index (κ1) is 25.7. The summed E-state index contributed by atoms with van der Waals surface area (Å²) in [6, 6.07) is 7.42. The number of hydrogen-bond acceptors (Lipinski definition) is 4. The molecule has 3 N–H and O–H groups in total. The minimum Gasteiger partial charge on any atom is -0.441 e. The number of nitrogens with two attached hydrogens (primary N) is 1. The minimum atomic E-state index is -0.384. The number of carbonyl (C=O) groups excluding carboxylic acids is 1. The number of halogens is 3. The van der Waals surface area contributed by atoms with Gasteiger partial charge in [0.15, 0.2) is 11.7 Å². The molecule has 0 aliphatic rings. The first-order chi connectivity index (χ1) is 11.8. The number of oxazole rings is 1. The molecule has 27 heavy (non-hydrogen) atoms. The Morgan fingerprint density at radius 2 is 2.00 bits per heavy atom. The average Bonchev–Trinajstić information content (AvgIpc) is 3.01. The number of hydrogen-bond donors (Lipinski definition) is 2. The van der Waals surface area contributed by atoms with Crippen LogP contribution in [0.1, 0.15) is 39.5 Å². The smallest absolute Gasteiger partial charge is 0.220 e. The Labute approximate surface area is 178 Å². The van der Waals surface area contributed by atoms with E-state index in [0.717, 1.165) is 12.0 Å². The van der Waals surface area contributed by atoms with Crippen LogP contribution in [0.2, 0.25) is 5.02 Å². The average molecular weight is 437 g/mol. The molecule has 1 aromatic heterocycles. The lowest BCUT2D eigenvalue weighted by Crippen LogP contribution is -2.52. The molecule has 0 bridgehead atoms. The number of benzene rings is 1. The van der Waals surface area contributed by atoms with Crippen LogP contribution in [0.15, 0.2) is 34.9 Å². The summed E-state index contributed by atoms with van der Waals surface area (Å²) >= 11 is 6.16. The van der Waals surface area contributed by atoms with Crippen molar-refractivity contribution in [2.24, 2.45) is 11.7 Å². The maximum absolute atomic E-state index is 12.2. The van der Waals surface area contributed by atoms with Gasteiger partial charge in [0, 0.05) is 30.5 Å². The van der Waals surface area contributed by atoms with Gasteiger partial charge < -0.3 is 15.5 Å². The van der Waals surface area contributed by atoms with Gasteiger partial charge in [-0.2, -0.15) is 0 Å². The highest BCUT2D eigenvalue weighted by Crippen LogP contribution is 2.28. The molecule has 0 saturated heterocycles. The number of amides is 1. The van der Waals surface area contributed by atoms with Gasteiger partial charge in [-0.1, -0.05) is 37.6 Å². The van der Waals surface area contributed by atoms with E-state index in [1.807, 2.05) is 25.1 Å². The van der Waals surface area contributed by atoms with Crippen molar-refractivity contribution in [3.63, 3.8) is 0 Å². The van der Waals surface area contributed by atoms with Gasteiger partial charge >= 0.3 is 0 Å². The summed E-state index contributed by atoms with van der Waals surface area (Å²) in [4.78, 5) is 16.5. The fourth-order valence-electron chi connectivity index (χ4n) is 2.92. The predicted molar refractivity (Wildman–Crippen MR) is 115 cm³/mol. The number of nitrogens with one attached hydrogen (secondary N) is 1. The molecule has 2 rings (SSSR count). The highest BCUT2D eigenvalue weighted by Gasteiger charge is 2.25. The van der Waals surface area contributed by atoms with Crippen LogP contribution in [-0.4, -0.2) is 23.0 Å². The largest absolute Gasteiger partial charge is 0.441 e. The number of aryl methyl sites for hydroxylation is 1. The summed E-state index contributed by atoms with van der Waals surface area (Å²) in [7, 11) is 0. The SMILES string of the molecule is CC(C)CC(C)(CN)NC(=O)CCc1ncc(-c2ccccc2Cl)o1.Cl.Cl. The highest BCUT2D eigenvalue weighted by atomic mass is 35.5. The Kier molecular flexibility index (Phi) is 11.0. The van der Waals surface area contributed by atoms with Crippen molar-refractivity contribution in [2.75, 3.05) is 6.54 Å². The fraction of sp³-hybridized carbons (Fsp3) is 0.474. The van der Waals surface area contributed by atoms with Crippen molar-refractivity contribution in [2.45, 2.75) is 45.6 Å². The van der Waals surface area contributed by atoms with Crippen LogP contribution in [-0.2, 0) is 11.2 Å². The van der Waals surface area contributed by atoms with Crippen LogP contribution in [0.25, 0.3) is 11.3 Å². The molecular weight excluding hydrogens is 409 g/mol. The monoisotopic (exact) mass is 435 g/mol. The molecule has 1 heterocycles. The van der Waals surface area contributed by atoms with Crippen molar-refractivity contribution in [1.82, 2.24) is 10.3 Å². The maximum Gasteiger partial charge on any atom is 0.220 e. The molecule has 1 atom stereocenters. The second-order valence-electron chi connectivity index (χ2n) is 7.01. The Bertz CT molecular complexity index is 722. The second kappa shape index (κ2) is 11.5. The molecule has 152 valence electrons.